The van der Waals surface area contributed by atoms with Crippen LogP contribution in [-0.2, 0) is 21.0 Å². The Hall–Kier alpha value is -3.31. The van der Waals surface area contributed by atoms with Crippen LogP contribution in [0.4, 0.5) is 5.69 Å². The molecule has 0 saturated carbocycles. The number of aromatic hydroxyl groups is 2. The monoisotopic (exact) mass is 500 g/mol. The van der Waals surface area contributed by atoms with Crippen molar-refractivity contribution in [2.45, 2.75) is 57.8 Å². The van der Waals surface area contributed by atoms with Crippen LogP contribution in [0, 0.1) is 0 Å². The van der Waals surface area contributed by atoms with Gasteiger partial charge in [-0.2, -0.15) is 0 Å². The zero-order valence-electron chi connectivity index (χ0n) is 23.4. The van der Waals surface area contributed by atoms with E-state index in [9.17, 15) is 15.0 Å². The summed E-state index contributed by atoms with van der Waals surface area (Å²) in [7, 11) is 3.97. The van der Waals surface area contributed by atoms with Gasteiger partial charge in [0.25, 0.3) is 0 Å². The summed E-state index contributed by atoms with van der Waals surface area (Å²) in [5, 5.41) is 22.8. The van der Waals surface area contributed by atoms with Gasteiger partial charge in [-0.25, -0.2) is 0 Å². The Labute approximate surface area is 221 Å². The number of anilines is 1. The summed E-state index contributed by atoms with van der Waals surface area (Å²) < 4.78 is 0. The Balaban J connectivity index is 2.14. The van der Waals surface area contributed by atoms with Crippen molar-refractivity contribution < 1.29 is 15.0 Å². The van der Waals surface area contributed by atoms with Gasteiger partial charge >= 0.3 is 0 Å². The molecule has 0 unspecified atom stereocenters. The van der Waals surface area contributed by atoms with Gasteiger partial charge in [0.15, 0.2) is 0 Å². The first-order valence-electron chi connectivity index (χ1n) is 12.9. The quantitative estimate of drug-likeness (QED) is 0.455. The Kier molecular flexibility index (Phi) is 6.66. The molecule has 3 aromatic rings. The normalized spacial score (nSPS) is 15.4. The minimum absolute atomic E-state index is 0.0335. The van der Waals surface area contributed by atoms with Crippen molar-refractivity contribution in [2.24, 2.45) is 0 Å². The van der Waals surface area contributed by atoms with E-state index < -0.39 is 5.41 Å². The van der Waals surface area contributed by atoms with Crippen LogP contribution < -0.4 is 4.90 Å². The molecule has 0 aromatic heterocycles. The number of rotatable bonds is 5. The van der Waals surface area contributed by atoms with Gasteiger partial charge in [0.05, 0.1) is 0 Å². The van der Waals surface area contributed by atoms with Crippen LogP contribution in [0.15, 0.2) is 60.7 Å². The van der Waals surface area contributed by atoms with Crippen LogP contribution in [0.3, 0.4) is 0 Å². The molecule has 196 valence electrons. The molecule has 5 heteroatoms. The van der Waals surface area contributed by atoms with E-state index >= 15 is 0 Å². The summed E-state index contributed by atoms with van der Waals surface area (Å²) in [5.74, 6) is -0.101. The third-order valence-corrected chi connectivity index (χ3v) is 7.47. The molecule has 0 fully saturated rings. The molecule has 0 atom stereocenters. The minimum Gasteiger partial charge on any atom is -0.508 e. The van der Waals surface area contributed by atoms with Crippen LogP contribution in [0.2, 0.25) is 0 Å². The molecule has 1 amide bonds. The summed E-state index contributed by atoms with van der Waals surface area (Å²) in [5.41, 5.74) is 2.75. The lowest BCUT2D eigenvalue weighted by Gasteiger charge is -2.34. The number of phenols is 2. The Morgan fingerprint density at radius 1 is 0.757 bits per heavy atom. The van der Waals surface area contributed by atoms with E-state index in [-0.39, 0.29) is 28.2 Å². The number of fused-ring (bicyclic) bond motifs is 1. The maximum absolute atomic E-state index is 14.8. The number of amides is 1. The molecule has 0 bridgehead atoms. The van der Waals surface area contributed by atoms with Gasteiger partial charge in [0.2, 0.25) is 5.91 Å². The first kappa shape index (κ1) is 26.7. The summed E-state index contributed by atoms with van der Waals surface area (Å²) in [6.07, 6.45) is 0. The van der Waals surface area contributed by atoms with Gasteiger partial charge in [-0.15, -0.1) is 0 Å². The van der Waals surface area contributed by atoms with E-state index in [2.05, 4.69) is 41.5 Å². The van der Waals surface area contributed by atoms with Crippen molar-refractivity contribution in [3.05, 3.63) is 88.5 Å². The molecule has 1 aliphatic rings. The predicted octanol–water partition coefficient (Wildman–Crippen LogP) is 5.94. The van der Waals surface area contributed by atoms with Crippen LogP contribution in [0.25, 0.3) is 0 Å². The number of para-hydroxylation sites is 1. The number of nitrogens with zero attached hydrogens (tertiary/aromatic N) is 2. The summed E-state index contributed by atoms with van der Waals surface area (Å²) in [4.78, 5) is 18.7. The Morgan fingerprint density at radius 3 is 1.70 bits per heavy atom. The number of hydrogen-bond acceptors (Lipinski definition) is 4. The average molecular weight is 501 g/mol. The molecule has 0 aliphatic carbocycles. The van der Waals surface area contributed by atoms with Gasteiger partial charge < -0.3 is 20.0 Å². The lowest BCUT2D eigenvalue weighted by molar-refractivity contribution is -0.120. The summed E-state index contributed by atoms with van der Waals surface area (Å²) >= 11 is 0. The van der Waals surface area contributed by atoms with E-state index in [0.29, 0.717) is 24.2 Å². The molecular weight excluding hydrogens is 460 g/mol. The van der Waals surface area contributed by atoms with Crippen molar-refractivity contribution in [1.29, 1.82) is 0 Å². The third kappa shape index (κ3) is 4.50. The lowest BCUT2D eigenvalue weighted by Crippen LogP contribution is -2.44. The van der Waals surface area contributed by atoms with Gasteiger partial charge in [0.1, 0.15) is 16.9 Å². The van der Waals surface area contributed by atoms with Gasteiger partial charge in [-0.05, 0) is 66.4 Å². The second-order valence-electron chi connectivity index (χ2n) is 12.5. The lowest BCUT2D eigenvalue weighted by atomic mass is 9.67. The predicted molar refractivity (Wildman–Crippen MR) is 151 cm³/mol. The molecule has 0 saturated heterocycles. The van der Waals surface area contributed by atoms with Gasteiger partial charge in [-0.3, -0.25) is 4.79 Å². The van der Waals surface area contributed by atoms with Crippen molar-refractivity contribution in [1.82, 2.24) is 4.90 Å². The van der Waals surface area contributed by atoms with Crippen LogP contribution in [-0.4, -0.2) is 48.2 Å². The van der Waals surface area contributed by atoms with Crippen molar-refractivity contribution in [3.63, 3.8) is 0 Å². The molecule has 2 N–H and O–H groups in total. The Morgan fingerprint density at radius 2 is 1.24 bits per heavy atom. The van der Waals surface area contributed by atoms with Crippen LogP contribution in [0.1, 0.15) is 69.4 Å². The molecular formula is C32H40N2O3. The molecule has 37 heavy (non-hydrogen) atoms. The van der Waals surface area contributed by atoms with E-state index in [1.165, 1.54) is 0 Å². The van der Waals surface area contributed by atoms with E-state index in [1.54, 1.807) is 12.1 Å². The van der Waals surface area contributed by atoms with Crippen LogP contribution >= 0.6 is 0 Å². The molecule has 5 nitrogen and oxygen atoms in total. The second kappa shape index (κ2) is 9.21. The third-order valence-electron chi connectivity index (χ3n) is 7.47. The zero-order valence-corrected chi connectivity index (χ0v) is 23.4. The highest BCUT2D eigenvalue weighted by molar-refractivity contribution is 6.13. The number of likely N-dealkylation sites (N-methyl/N-ethyl adjacent to an activating group) is 1. The largest absolute Gasteiger partial charge is 0.508 e. The fraction of sp³-hybridized carbons (Fsp3) is 0.406. The maximum atomic E-state index is 14.8. The highest BCUT2D eigenvalue weighted by Gasteiger charge is 2.56. The first-order chi connectivity index (χ1) is 17.2. The van der Waals surface area contributed by atoms with Crippen LogP contribution in [0.5, 0.6) is 11.5 Å². The van der Waals surface area contributed by atoms with Gasteiger partial charge in [-0.1, -0.05) is 71.9 Å². The highest BCUT2D eigenvalue weighted by atomic mass is 16.3. The number of carbonyl (C=O) groups excluding carboxylic acids is 1. The highest BCUT2D eigenvalue weighted by Crippen LogP contribution is 2.55. The van der Waals surface area contributed by atoms with Crippen molar-refractivity contribution in [2.75, 3.05) is 32.1 Å². The fourth-order valence-electron chi connectivity index (χ4n) is 5.25. The van der Waals surface area contributed by atoms with E-state index in [4.69, 9.17) is 0 Å². The molecule has 1 heterocycles. The number of benzene rings is 3. The number of carbonyl (C=O) groups is 1. The average Bonchev–Trinajstić information content (AvgIpc) is 3.05. The van der Waals surface area contributed by atoms with Crippen molar-refractivity contribution in [3.8, 4) is 11.5 Å². The standard InChI is InChI=1S/C32H40N2O3/c1-30(2,3)21-13-15-27(35)24(19-21)32(25-20-22(31(4,5)6)14-16-28(25)36)23-11-9-10-12-26(23)34(29(32)37)18-17-33(7)8/h9-16,19-20,35-36H,17-18H2,1-8H3. The number of phenolic OH excluding ortho intramolecular Hbond substituents is 2. The topological polar surface area (TPSA) is 64.0 Å². The molecule has 0 radical (unpaired) electrons. The molecule has 3 aromatic carbocycles. The summed E-state index contributed by atoms with van der Waals surface area (Å²) in [6.45, 7) is 13.8. The molecule has 1 aliphatic heterocycles. The molecule has 4 rings (SSSR count). The zero-order chi connectivity index (χ0) is 27.3. The van der Waals surface area contributed by atoms with E-state index in [1.807, 2.05) is 72.4 Å². The van der Waals surface area contributed by atoms with E-state index in [0.717, 1.165) is 22.4 Å². The SMILES string of the molecule is CN(C)CCN1C(=O)C(c2cc(C(C)(C)C)ccc2O)(c2cc(C(C)(C)C)ccc2O)c2ccccc21. The Bertz CT molecular complexity index is 1270. The fourth-order valence-corrected chi connectivity index (χ4v) is 5.25. The second-order valence-corrected chi connectivity index (χ2v) is 12.5. The first-order valence-corrected chi connectivity index (χ1v) is 12.9. The van der Waals surface area contributed by atoms with Crippen molar-refractivity contribution >= 4 is 11.6 Å². The minimum atomic E-state index is -1.40. The molecule has 0 spiro atoms. The summed E-state index contributed by atoms with van der Waals surface area (Å²) in [6, 6.07) is 18.8. The smallest absolute Gasteiger partial charge is 0.247 e. The maximum Gasteiger partial charge on any atom is 0.247 e. The number of hydrogen-bond donors (Lipinski definition) is 2. The van der Waals surface area contributed by atoms with Gasteiger partial charge in [0, 0.05) is 35.5 Å².